The number of amides is 1. The van der Waals surface area contributed by atoms with Crippen LogP contribution in [-0.2, 0) is 0 Å². The standard InChI is InChI=1S/C14H20ClN3O/c1-18-6-4-10(5-7-18)9-17-14(19)12-3-2-11(16)8-13(12)15/h2-3,8,10H,4-7,9,16H2,1H3,(H,17,19). The molecule has 0 spiro atoms. The molecular formula is C14H20ClN3O. The van der Waals surface area contributed by atoms with Gasteiger partial charge in [0.25, 0.3) is 5.91 Å². The van der Waals surface area contributed by atoms with E-state index in [9.17, 15) is 4.79 Å². The number of nitrogens with one attached hydrogen (secondary N) is 1. The highest BCUT2D eigenvalue weighted by atomic mass is 35.5. The van der Waals surface area contributed by atoms with Crippen molar-refractivity contribution in [2.45, 2.75) is 12.8 Å². The third-order valence-corrected chi connectivity index (χ3v) is 3.94. The molecule has 0 atom stereocenters. The Kier molecular flexibility index (Phi) is 4.66. The van der Waals surface area contributed by atoms with Crippen LogP contribution in [0.2, 0.25) is 5.02 Å². The fourth-order valence-electron chi connectivity index (χ4n) is 2.31. The predicted molar refractivity (Wildman–Crippen MR) is 78.4 cm³/mol. The molecule has 19 heavy (non-hydrogen) atoms. The summed E-state index contributed by atoms with van der Waals surface area (Å²) in [5.74, 6) is 0.441. The van der Waals surface area contributed by atoms with Gasteiger partial charge >= 0.3 is 0 Å². The topological polar surface area (TPSA) is 58.4 Å². The largest absolute Gasteiger partial charge is 0.399 e. The Morgan fingerprint density at radius 2 is 2.16 bits per heavy atom. The molecule has 0 radical (unpaired) electrons. The Labute approximate surface area is 118 Å². The van der Waals surface area contributed by atoms with E-state index < -0.39 is 0 Å². The van der Waals surface area contributed by atoms with E-state index >= 15 is 0 Å². The summed E-state index contributed by atoms with van der Waals surface area (Å²) < 4.78 is 0. The molecule has 1 aliphatic rings. The molecule has 3 N–H and O–H groups in total. The van der Waals surface area contributed by atoms with Crippen LogP contribution in [0.1, 0.15) is 23.2 Å². The second kappa shape index (κ2) is 6.26. The number of likely N-dealkylation sites (tertiary alicyclic amines) is 1. The average Bonchev–Trinajstić information content (AvgIpc) is 2.37. The van der Waals surface area contributed by atoms with E-state index in [1.54, 1.807) is 18.2 Å². The fraction of sp³-hybridized carbons (Fsp3) is 0.500. The van der Waals surface area contributed by atoms with Crippen molar-refractivity contribution >= 4 is 23.2 Å². The third-order valence-electron chi connectivity index (χ3n) is 3.63. The highest BCUT2D eigenvalue weighted by Gasteiger charge is 2.18. The van der Waals surface area contributed by atoms with Gasteiger partial charge in [-0.05, 0) is 57.1 Å². The van der Waals surface area contributed by atoms with Crippen molar-refractivity contribution in [2.24, 2.45) is 5.92 Å². The molecule has 1 saturated heterocycles. The Hall–Kier alpha value is -1.26. The number of halogens is 1. The number of benzene rings is 1. The SMILES string of the molecule is CN1CCC(CNC(=O)c2ccc(N)cc2Cl)CC1. The van der Waals surface area contributed by atoms with Crippen molar-refractivity contribution in [1.29, 1.82) is 0 Å². The number of carbonyl (C=O) groups is 1. The van der Waals surface area contributed by atoms with E-state index in [2.05, 4.69) is 17.3 Å². The Bertz CT molecular complexity index is 456. The molecule has 0 bridgehead atoms. The van der Waals surface area contributed by atoms with E-state index in [1.165, 1.54) is 0 Å². The van der Waals surface area contributed by atoms with Gasteiger partial charge in [-0.15, -0.1) is 0 Å². The highest BCUT2D eigenvalue weighted by molar-refractivity contribution is 6.34. The molecule has 1 fully saturated rings. The van der Waals surface area contributed by atoms with Crippen LogP contribution >= 0.6 is 11.6 Å². The number of nitrogens with two attached hydrogens (primary N) is 1. The smallest absolute Gasteiger partial charge is 0.252 e. The lowest BCUT2D eigenvalue weighted by Gasteiger charge is -2.28. The zero-order valence-corrected chi connectivity index (χ0v) is 11.9. The minimum Gasteiger partial charge on any atom is -0.399 e. The minimum absolute atomic E-state index is 0.121. The van der Waals surface area contributed by atoms with Crippen LogP contribution in [0.15, 0.2) is 18.2 Å². The van der Waals surface area contributed by atoms with Crippen LogP contribution in [0.25, 0.3) is 0 Å². The van der Waals surface area contributed by atoms with Gasteiger partial charge in [0.05, 0.1) is 10.6 Å². The molecule has 4 nitrogen and oxygen atoms in total. The number of carbonyl (C=O) groups excluding carboxylic acids is 1. The van der Waals surface area contributed by atoms with Crippen LogP contribution < -0.4 is 11.1 Å². The van der Waals surface area contributed by atoms with Crippen LogP contribution in [-0.4, -0.2) is 37.5 Å². The van der Waals surface area contributed by atoms with Crippen molar-refractivity contribution in [3.8, 4) is 0 Å². The molecule has 0 aromatic heterocycles. The van der Waals surface area contributed by atoms with Crippen molar-refractivity contribution in [1.82, 2.24) is 10.2 Å². The highest BCUT2D eigenvalue weighted by Crippen LogP contribution is 2.19. The van der Waals surface area contributed by atoms with Crippen LogP contribution in [0, 0.1) is 5.92 Å². The van der Waals surface area contributed by atoms with Gasteiger partial charge < -0.3 is 16.0 Å². The predicted octanol–water partition coefficient (Wildman–Crippen LogP) is 1.99. The van der Waals surface area contributed by atoms with Gasteiger partial charge in [-0.25, -0.2) is 0 Å². The van der Waals surface area contributed by atoms with E-state index in [-0.39, 0.29) is 5.91 Å². The summed E-state index contributed by atoms with van der Waals surface area (Å²) in [5, 5.41) is 3.36. The molecular weight excluding hydrogens is 262 g/mol. The number of hydrogen-bond acceptors (Lipinski definition) is 3. The van der Waals surface area contributed by atoms with E-state index in [4.69, 9.17) is 17.3 Å². The Morgan fingerprint density at radius 1 is 1.47 bits per heavy atom. The second-order valence-electron chi connectivity index (χ2n) is 5.20. The first-order valence-electron chi connectivity index (χ1n) is 6.58. The summed E-state index contributed by atoms with van der Waals surface area (Å²) in [4.78, 5) is 14.4. The van der Waals surface area contributed by atoms with Crippen LogP contribution in [0.3, 0.4) is 0 Å². The van der Waals surface area contributed by atoms with E-state index in [0.29, 0.717) is 28.7 Å². The molecule has 1 amide bonds. The maximum Gasteiger partial charge on any atom is 0.252 e. The average molecular weight is 282 g/mol. The first kappa shape index (κ1) is 14.2. The van der Waals surface area contributed by atoms with Crippen molar-refractivity contribution < 1.29 is 4.79 Å². The fourth-order valence-corrected chi connectivity index (χ4v) is 2.59. The summed E-state index contributed by atoms with van der Waals surface area (Å²) in [6, 6.07) is 4.96. The molecule has 104 valence electrons. The summed E-state index contributed by atoms with van der Waals surface area (Å²) in [5.41, 5.74) is 6.67. The van der Waals surface area contributed by atoms with Gasteiger partial charge in [-0.1, -0.05) is 11.6 Å². The maximum absolute atomic E-state index is 12.0. The number of hydrogen-bond donors (Lipinski definition) is 2. The van der Waals surface area contributed by atoms with Gasteiger partial charge in [-0.3, -0.25) is 4.79 Å². The summed E-state index contributed by atoms with van der Waals surface area (Å²) in [7, 11) is 2.13. The van der Waals surface area contributed by atoms with Gasteiger partial charge in [0, 0.05) is 12.2 Å². The first-order valence-corrected chi connectivity index (χ1v) is 6.96. The maximum atomic E-state index is 12.0. The molecule has 1 heterocycles. The molecule has 1 aliphatic heterocycles. The lowest BCUT2D eigenvalue weighted by atomic mass is 9.97. The second-order valence-corrected chi connectivity index (χ2v) is 5.60. The number of rotatable bonds is 3. The third kappa shape index (κ3) is 3.85. The lowest BCUT2D eigenvalue weighted by molar-refractivity contribution is 0.0939. The number of nitrogens with zero attached hydrogens (tertiary/aromatic N) is 1. The molecule has 0 unspecified atom stereocenters. The minimum atomic E-state index is -0.121. The molecule has 2 rings (SSSR count). The zero-order chi connectivity index (χ0) is 13.8. The van der Waals surface area contributed by atoms with Gasteiger partial charge in [0.2, 0.25) is 0 Å². The Morgan fingerprint density at radius 3 is 2.79 bits per heavy atom. The van der Waals surface area contributed by atoms with Crippen LogP contribution in [0.5, 0.6) is 0 Å². The molecule has 0 saturated carbocycles. The Balaban J connectivity index is 1.87. The van der Waals surface area contributed by atoms with Gasteiger partial charge in [0.15, 0.2) is 0 Å². The van der Waals surface area contributed by atoms with E-state index in [1.807, 2.05) is 0 Å². The van der Waals surface area contributed by atoms with Crippen molar-refractivity contribution in [2.75, 3.05) is 32.4 Å². The number of piperidine rings is 1. The summed E-state index contributed by atoms with van der Waals surface area (Å²) in [6.07, 6.45) is 2.26. The normalized spacial score (nSPS) is 17.4. The van der Waals surface area contributed by atoms with Gasteiger partial charge in [0.1, 0.15) is 0 Å². The van der Waals surface area contributed by atoms with Crippen LogP contribution in [0.4, 0.5) is 5.69 Å². The number of anilines is 1. The molecule has 0 aliphatic carbocycles. The number of nitrogen functional groups attached to an aromatic ring is 1. The zero-order valence-electron chi connectivity index (χ0n) is 11.2. The summed E-state index contributed by atoms with van der Waals surface area (Å²) in [6.45, 7) is 2.92. The first-order chi connectivity index (χ1) is 9.06. The molecule has 5 heteroatoms. The quantitative estimate of drug-likeness (QED) is 0.833. The lowest BCUT2D eigenvalue weighted by Crippen LogP contribution is -2.36. The van der Waals surface area contributed by atoms with Crippen molar-refractivity contribution in [3.63, 3.8) is 0 Å². The monoisotopic (exact) mass is 281 g/mol. The van der Waals surface area contributed by atoms with E-state index in [0.717, 1.165) is 25.9 Å². The molecule has 1 aromatic rings. The molecule has 1 aromatic carbocycles. The summed E-state index contributed by atoms with van der Waals surface area (Å²) >= 11 is 6.02. The van der Waals surface area contributed by atoms with Gasteiger partial charge in [-0.2, -0.15) is 0 Å². The van der Waals surface area contributed by atoms with Crippen molar-refractivity contribution in [3.05, 3.63) is 28.8 Å².